The molecule has 3 heteroatoms. The molecule has 0 saturated heterocycles. The molecule has 1 aliphatic rings. The minimum Gasteiger partial charge on any atom is -0.317 e. The molecule has 17 heavy (non-hydrogen) atoms. The summed E-state index contributed by atoms with van der Waals surface area (Å²) in [5.74, 6) is -0.315. The fraction of sp³-hybridized carbons (Fsp3) is 0.571. The first-order valence-electron chi connectivity index (χ1n) is 6.30. The van der Waals surface area contributed by atoms with Crippen LogP contribution in [0.5, 0.6) is 0 Å². The van der Waals surface area contributed by atoms with Crippen molar-refractivity contribution in [2.24, 2.45) is 5.92 Å². The minimum absolute atomic E-state index is 0.0500. The molecule has 1 aromatic rings. The van der Waals surface area contributed by atoms with Crippen molar-refractivity contribution < 1.29 is 8.78 Å². The summed E-state index contributed by atoms with van der Waals surface area (Å²) in [5, 5.41) is 3.26. The van der Waals surface area contributed by atoms with Gasteiger partial charge in [-0.1, -0.05) is 13.0 Å². The van der Waals surface area contributed by atoms with Gasteiger partial charge in [-0.3, -0.25) is 0 Å². The van der Waals surface area contributed by atoms with Gasteiger partial charge >= 0.3 is 0 Å². The van der Waals surface area contributed by atoms with Crippen LogP contribution in [0.4, 0.5) is 8.78 Å². The molecule has 0 heterocycles. The van der Waals surface area contributed by atoms with E-state index in [2.05, 4.69) is 5.32 Å². The molecule has 0 spiro atoms. The molecule has 0 radical (unpaired) electrons. The fourth-order valence-electron chi connectivity index (χ4n) is 2.54. The largest absolute Gasteiger partial charge is 0.317 e. The van der Waals surface area contributed by atoms with Crippen molar-refractivity contribution in [3.63, 3.8) is 0 Å². The number of halogens is 2. The average Bonchev–Trinajstić information content (AvgIpc) is 2.28. The summed E-state index contributed by atoms with van der Waals surface area (Å²) in [6, 6.07) is 2.89. The smallest absolute Gasteiger partial charge is 0.132 e. The van der Waals surface area contributed by atoms with Crippen LogP contribution in [-0.2, 0) is 0 Å². The summed E-state index contributed by atoms with van der Waals surface area (Å²) in [6.07, 6.45) is 1.96. The lowest BCUT2D eigenvalue weighted by atomic mass is 9.69. The van der Waals surface area contributed by atoms with E-state index in [1.54, 1.807) is 6.92 Å². The van der Waals surface area contributed by atoms with E-state index in [1.165, 1.54) is 12.1 Å². The summed E-state index contributed by atoms with van der Waals surface area (Å²) in [6.45, 7) is 5.49. The fourth-order valence-corrected chi connectivity index (χ4v) is 2.54. The molecule has 0 bridgehead atoms. The third kappa shape index (κ3) is 2.34. The van der Waals surface area contributed by atoms with Gasteiger partial charge < -0.3 is 5.32 Å². The monoisotopic (exact) mass is 239 g/mol. The average molecular weight is 239 g/mol. The molecule has 0 amide bonds. The van der Waals surface area contributed by atoms with Gasteiger partial charge in [0.2, 0.25) is 0 Å². The maximum atomic E-state index is 14.0. The van der Waals surface area contributed by atoms with Crippen LogP contribution in [0.1, 0.15) is 36.8 Å². The highest BCUT2D eigenvalue weighted by Gasteiger charge is 2.35. The van der Waals surface area contributed by atoms with Gasteiger partial charge in [0.05, 0.1) is 0 Å². The summed E-state index contributed by atoms with van der Waals surface area (Å²) in [5.41, 5.74) is 0.842. The van der Waals surface area contributed by atoms with E-state index in [4.69, 9.17) is 0 Å². The van der Waals surface area contributed by atoms with Gasteiger partial charge in [-0.2, -0.15) is 0 Å². The summed E-state index contributed by atoms with van der Waals surface area (Å²) < 4.78 is 27.7. The SMILES string of the molecule is CCNCC1CCC1c1c(F)ccc(C)c1F. The van der Waals surface area contributed by atoms with Crippen LogP contribution in [0.2, 0.25) is 0 Å². The van der Waals surface area contributed by atoms with Crippen LogP contribution in [0.25, 0.3) is 0 Å². The van der Waals surface area contributed by atoms with E-state index in [0.29, 0.717) is 17.0 Å². The maximum absolute atomic E-state index is 14.0. The van der Waals surface area contributed by atoms with Gasteiger partial charge in [0.25, 0.3) is 0 Å². The van der Waals surface area contributed by atoms with Crippen molar-refractivity contribution >= 4 is 0 Å². The van der Waals surface area contributed by atoms with Crippen LogP contribution in [0.15, 0.2) is 12.1 Å². The molecule has 0 aliphatic heterocycles. The van der Waals surface area contributed by atoms with Crippen molar-refractivity contribution in [3.8, 4) is 0 Å². The molecule has 0 aromatic heterocycles. The Hall–Kier alpha value is -0.960. The van der Waals surface area contributed by atoms with Gasteiger partial charge in [0, 0.05) is 5.56 Å². The van der Waals surface area contributed by atoms with E-state index >= 15 is 0 Å². The number of nitrogens with one attached hydrogen (secondary N) is 1. The number of benzene rings is 1. The normalized spacial score (nSPS) is 23.5. The molecule has 1 saturated carbocycles. The standard InChI is InChI=1S/C14H19F2N/c1-3-17-8-10-5-6-11(10)13-12(15)7-4-9(2)14(13)16/h4,7,10-11,17H,3,5-6,8H2,1-2H3. The Bertz CT molecular complexity index is 403. The Kier molecular flexibility index (Phi) is 3.77. The van der Waals surface area contributed by atoms with E-state index in [-0.39, 0.29) is 17.6 Å². The maximum Gasteiger partial charge on any atom is 0.132 e. The Labute approximate surface area is 101 Å². The van der Waals surface area contributed by atoms with E-state index in [0.717, 1.165) is 25.9 Å². The van der Waals surface area contributed by atoms with Gasteiger partial charge in [-0.15, -0.1) is 0 Å². The van der Waals surface area contributed by atoms with Crippen LogP contribution in [-0.4, -0.2) is 13.1 Å². The van der Waals surface area contributed by atoms with Crippen molar-refractivity contribution in [2.45, 2.75) is 32.6 Å². The first kappa shape index (κ1) is 12.5. The van der Waals surface area contributed by atoms with Crippen LogP contribution in [0, 0.1) is 24.5 Å². The van der Waals surface area contributed by atoms with Crippen LogP contribution < -0.4 is 5.32 Å². The lowest BCUT2D eigenvalue weighted by Gasteiger charge is -2.37. The Morgan fingerprint density at radius 1 is 1.29 bits per heavy atom. The second-order valence-corrected chi connectivity index (χ2v) is 4.84. The van der Waals surface area contributed by atoms with Gasteiger partial charge in [0.15, 0.2) is 0 Å². The Morgan fingerprint density at radius 3 is 2.65 bits per heavy atom. The molecule has 2 rings (SSSR count). The number of hydrogen-bond acceptors (Lipinski definition) is 1. The summed E-state index contributed by atoms with van der Waals surface area (Å²) in [7, 11) is 0. The zero-order valence-electron chi connectivity index (χ0n) is 10.4. The highest BCUT2D eigenvalue weighted by molar-refractivity contribution is 5.31. The predicted molar refractivity (Wildman–Crippen MR) is 65.1 cm³/mol. The van der Waals surface area contributed by atoms with E-state index in [9.17, 15) is 8.78 Å². The summed E-state index contributed by atoms with van der Waals surface area (Å²) >= 11 is 0. The lowest BCUT2D eigenvalue weighted by molar-refractivity contribution is 0.236. The molecule has 1 aliphatic carbocycles. The highest BCUT2D eigenvalue weighted by Crippen LogP contribution is 2.44. The van der Waals surface area contributed by atoms with Crippen molar-refractivity contribution in [1.82, 2.24) is 5.32 Å². The molecule has 1 nitrogen and oxygen atoms in total. The number of hydrogen-bond donors (Lipinski definition) is 1. The van der Waals surface area contributed by atoms with E-state index in [1.807, 2.05) is 6.92 Å². The molecule has 2 unspecified atom stereocenters. The zero-order valence-corrected chi connectivity index (χ0v) is 10.4. The van der Waals surface area contributed by atoms with Crippen molar-refractivity contribution in [3.05, 3.63) is 34.9 Å². The minimum atomic E-state index is -0.390. The highest BCUT2D eigenvalue weighted by atomic mass is 19.1. The molecule has 2 atom stereocenters. The second-order valence-electron chi connectivity index (χ2n) is 4.84. The second kappa shape index (κ2) is 5.13. The van der Waals surface area contributed by atoms with Gasteiger partial charge in [0.1, 0.15) is 11.6 Å². The van der Waals surface area contributed by atoms with Crippen molar-refractivity contribution in [1.29, 1.82) is 0 Å². The lowest BCUT2D eigenvalue weighted by Crippen LogP contribution is -2.34. The Morgan fingerprint density at radius 2 is 2.06 bits per heavy atom. The van der Waals surface area contributed by atoms with E-state index < -0.39 is 0 Å². The third-order valence-corrected chi connectivity index (χ3v) is 3.76. The van der Waals surface area contributed by atoms with Gasteiger partial charge in [-0.25, -0.2) is 8.78 Å². The first-order chi connectivity index (χ1) is 8.15. The van der Waals surface area contributed by atoms with Gasteiger partial charge in [-0.05, 0) is 56.3 Å². The Balaban J connectivity index is 2.20. The topological polar surface area (TPSA) is 12.0 Å². The molecule has 94 valence electrons. The predicted octanol–water partition coefficient (Wildman–Crippen LogP) is 3.38. The molecule has 1 aromatic carbocycles. The molecule has 1 fully saturated rings. The third-order valence-electron chi connectivity index (χ3n) is 3.76. The number of aryl methyl sites for hydroxylation is 1. The number of rotatable bonds is 4. The van der Waals surface area contributed by atoms with Crippen LogP contribution >= 0.6 is 0 Å². The quantitative estimate of drug-likeness (QED) is 0.849. The van der Waals surface area contributed by atoms with Crippen LogP contribution in [0.3, 0.4) is 0 Å². The zero-order chi connectivity index (χ0) is 12.4. The first-order valence-corrected chi connectivity index (χ1v) is 6.30. The molecular weight excluding hydrogens is 220 g/mol. The molecule has 1 N–H and O–H groups in total. The van der Waals surface area contributed by atoms with Crippen molar-refractivity contribution in [2.75, 3.05) is 13.1 Å². The summed E-state index contributed by atoms with van der Waals surface area (Å²) in [4.78, 5) is 0. The molecular formula is C14H19F2N.